The number of aromatic amines is 1. The van der Waals surface area contributed by atoms with Gasteiger partial charge in [-0.25, -0.2) is 9.37 Å². The van der Waals surface area contributed by atoms with Gasteiger partial charge in [-0.05, 0) is 61.4 Å². The first-order valence-electron chi connectivity index (χ1n) is 12.7. The van der Waals surface area contributed by atoms with Crippen molar-refractivity contribution in [2.24, 2.45) is 0 Å². The first-order valence-corrected chi connectivity index (χ1v) is 12.7. The Bertz CT molecular complexity index is 1480. The molecule has 6 radical (unpaired) electrons. The fourth-order valence-electron chi connectivity index (χ4n) is 6.42. The third-order valence-corrected chi connectivity index (χ3v) is 8.25. The summed E-state index contributed by atoms with van der Waals surface area (Å²) in [5.41, 5.74) is 0.752. The molecule has 2 aromatic heterocycles. The highest BCUT2D eigenvalue weighted by Crippen LogP contribution is 2.54. The van der Waals surface area contributed by atoms with Gasteiger partial charge in [0, 0.05) is 48.2 Å². The van der Waals surface area contributed by atoms with Crippen LogP contribution >= 0.6 is 0 Å². The van der Waals surface area contributed by atoms with Crippen LogP contribution in [0.25, 0.3) is 10.8 Å². The molecule has 0 spiro atoms. The van der Waals surface area contributed by atoms with Crippen molar-refractivity contribution >= 4 is 45.9 Å². The minimum atomic E-state index is -1.92. The summed E-state index contributed by atoms with van der Waals surface area (Å²) in [4.78, 5) is 36.0. The van der Waals surface area contributed by atoms with Crippen LogP contribution in [0, 0.1) is 11.8 Å². The van der Waals surface area contributed by atoms with E-state index in [1.54, 1.807) is 6.07 Å². The van der Waals surface area contributed by atoms with Crippen LogP contribution in [0.5, 0.6) is 0 Å². The fraction of sp³-hybridized carbons (Fsp3) is 0.423. The van der Waals surface area contributed by atoms with E-state index in [4.69, 9.17) is 23.5 Å². The quantitative estimate of drug-likeness (QED) is 0.403. The lowest BCUT2D eigenvalue weighted by Gasteiger charge is -2.40. The zero-order valence-electron chi connectivity index (χ0n) is 20.7. The van der Waals surface area contributed by atoms with Crippen LogP contribution in [0.1, 0.15) is 41.9 Å². The number of fused-ring (bicyclic) bond motifs is 2. The zero-order valence-corrected chi connectivity index (χ0v) is 20.7. The van der Waals surface area contributed by atoms with Gasteiger partial charge in [0.05, 0.1) is 29.2 Å². The molecule has 1 saturated carbocycles. The van der Waals surface area contributed by atoms with Gasteiger partial charge in [0.2, 0.25) is 5.95 Å². The van der Waals surface area contributed by atoms with E-state index in [9.17, 15) is 18.4 Å². The highest BCUT2D eigenvalue weighted by atomic mass is 19.1. The summed E-state index contributed by atoms with van der Waals surface area (Å²) < 4.78 is 28.4. The van der Waals surface area contributed by atoms with Gasteiger partial charge in [0.25, 0.3) is 11.5 Å². The SMILES string of the molecule is [B]C([B])([B])NC(=O)c1ccc(N2CCC(N3CC4(c5cc6ccc(F)cc6c(=O)[nH]5)CC3C4)CC2)c(F)n1. The lowest BCUT2D eigenvalue weighted by Crippen LogP contribution is -2.50. The maximum Gasteiger partial charge on any atom is 0.268 e. The average Bonchev–Trinajstić information content (AvgIpc) is 3.41. The van der Waals surface area contributed by atoms with Crippen molar-refractivity contribution in [2.75, 3.05) is 24.5 Å². The molecule has 7 nitrogen and oxygen atoms in total. The number of hydrogen-bond acceptors (Lipinski definition) is 5. The Balaban J connectivity index is 1.11. The van der Waals surface area contributed by atoms with E-state index in [1.165, 1.54) is 24.3 Å². The van der Waals surface area contributed by atoms with Crippen molar-refractivity contribution in [3.8, 4) is 0 Å². The monoisotopic (exact) mass is 509 g/mol. The molecule has 3 saturated heterocycles. The second-order valence-corrected chi connectivity index (χ2v) is 10.9. The predicted octanol–water partition coefficient (Wildman–Crippen LogP) is 1.43. The second kappa shape index (κ2) is 8.97. The van der Waals surface area contributed by atoms with Gasteiger partial charge in [-0.2, -0.15) is 4.39 Å². The van der Waals surface area contributed by atoms with Gasteiger partial charge < -0.3 is 15.2 Å². The summed E-state index contributed by atoms with van der Waals surface area (Å²) >= 11 is 0. The Hall–Kier alpha value is -3.14. The van der Waals surface area contributed by atoms with E-state index >= 15 is 0 Å². The van der Waals surface area contributed by atoms with Crippen LogP contribution in [-0.4, -0.2) is 81.3 Å². The number of carbonyl (C=O) groups excluding carboxylic acids is 1. The van der Waals surface area contributed by atoms with Crippen molar-refractivity contribution in [1.29, 1.82) is 0 Å². The second-order valence-electron chi connectivity index (χ2n) is 10.9. The Morgan fingerprint density at radius 2 is 1.82 bits per heavy atom. The number of pyridine rings is 2. The molecular formula is C26H24B3F2N5O2. The number of nitrogens with one attached hydrogen (secondary N) is 2. The molecule has 2 N–H and O–H groups in total. The summed E-state index contributed by atoms with van der Waals surface area (Å²) in [5, 5.41) is 1.34. The van der Waals surface area contributed by atoms with E-state index in [0.717, 1.165) is 43.3 Å². The van der Waals surface area contributed by atoms with Crippen LogP contribution in [0.15, 0.2) is 41.2 Å². The Labute approximate surface area is 222 Å². The topological polar surface area (TPSA) is 81.3 Å². The average molecular weight is 509 g/mol. The molecule has 38 heavy (non-hydrogen) atoms. The molecule has 2 bridgehead atoms. The first kappa shape index (κ1) is 25.2. The minimum Gasteiger partial charge on any atom is -0.371 e. The van der Waals surface area contributed by atoms with Crippen molar-refractivity contribution in [3.63, 3.8) is 0 Å². The summed E-state index contributed by atoms with van der Waals surface area (Å²) in [6.45, 7) is 2.16. The highest BCUT2D eigenvalue weighted by Gasteiger charge is 2.58. The van der Waals surface area contributed by atoms with Crippen LogP contribution < -0.4 is 15.8 Å². The van der Waals surface area contributed by atoms with Gasteiger partial charge in [0.15, 0.2) is 0 Å². The van der Waals surface area contributed by atoms with Crippen LogP contribution in [0.4, 0.5) is 14.5 Å². The Kier molecular flexibility index (Phi) is 5.94. The normalized spacial score (nSPS) is 23.9. The first-order chi connectivity index (χ1) is 18.0. The maximum atomic E-state index is 14.8. The molecular weight excluding hydrogens is 485 g/mol. The summed E-state index contributed by atoms with van der Waals surface area (Å²) in [6, 6.07) is 10.1. The predicted molar refractivity (Wildman–Crippen MR) is 143 cm³/mol. The van der Waals surface area contributed by atoms with E-state index in [1.807, 2.05) is 11.0 Å². The fourth-order valence-corrected chi connectivity index (χ4v) is 6.42. The summed E-state index contributed by atoms with van der Waals surface area (Å²) in [7, 11) is 16.1. The van der Waals surface area contributed by atoms with Crippen LogP contribution in [-0.2, 0) is 5.41 Å². The van der Waals surface area contributed by atoms with E-state index in [0.29, 0.717) is 36.2 Å². The number of carbonyl (C=O) groups is 1. The van der Waals surface area contributed by atoms with Crippen molar-refractivity contribution in [2.45, 2.75) is 48.4 Å². The molecule has 3 aromatic rings. The van der Waals surface area contributed by atoms with Gasteiger partial charge >= 0.3 is 0 Å². The maximum absolute atomic E-state index is 14.8. The highest BCUT2D eigenvalue weighted by molar-refractivity contribution is 6.60. The third-order valence-electron chi connectivity index (χ3n) is 8.25. The smallest absolute Gasteiger partial charge is 0.268 e. The molecule has 7 rings (SSSR count). The van der Waals surface area contributed by atoms with Crippen molar-refractivity contribution < 1.29 is 13.6 Å². The van der Waals surface area contributed by atoms with E-state index < -0.39 is 22.9 Å². The molecule has 4 fully saturated rings. The van der Waals surface area contributed by atoms with Crippen LogP contribution in [0.3, 0.4) is 0 Å². The molecule has 5 heterocycles. The molecule has 3 aliphatic heterocycles. The number of anilines is 1. The van der Waals surface area contributed by atoms with Crippen molar-refractivity contribution in [1.82, 2.24) is 20.2 Å². The molecule has 4 aliphatic rings. The van der Waals surface area contributed by atoms with E-state index in [-0.39, 0.29) is 16.7 Å². The molecule has 0 unspecified atom stereocenters. The number of piperidine rings is 1. The number of benzene rings is 1. The van der Waals surface area contributed by atoms with Gasteiger partial charge in [-0.1, -0.05) is 11.3 Å². The number of H-pyrrole nitrogens is 1. The summed E-state index contributed by atoms with van der Waals surface area (Å²) in [6.07, 6.45) is 3.68. The lowest BCUT2D eigenvalue weighted by molar-refractivity contribution is 0.0946. The third kappa shape index (κ3) is 4.42. The number of halogens is 2. The van der Waals surface area contributed by atoms with Crippen molar-refractivity contribution in [3.05, 3.63) is 69.9 Å². The van der Waals surface area contributed by atoms with E-state index in [2.05, 4.69) is 20.2 Å². The Morgan fingerprint density at radius 3 is 2.50 bits per heavy atom. The number of amides is 1. The largest absolute Gasteiger partial charge is 0.371 e. The summed E-state index contributed by atoms with van der Waals surface area (Å²) in [5.74, 6) is -1.92. The minimum absolute atomic E-state index is 0.0931. The molecule has 12 heteroatoms. The molecule has 188 valence electrons. The van der Waals surface area contributed by atoms with Gasteiger partial charge in [0.1, 0.15) is 11.5 Å². The van der Waals surface area contributed by atoms with Gasteiger partial charge in [-0.15, -0.1) is 0 Å². The number of hydrogen-bond donors (Lipinski definition) is 2. The molecule has 1 aromatic carbocycles. The lowest BCUT2D eigenvalue weighted by atomic mass is 9.49. The van der Waals surface area contributed by atoms with Crippen LogP contribution in [0.2, 0.25) is 0 Å². The number of nitrogens with zero attached hydrogens (tertiary/aromatic N) is 3. The zero-order chi connectivity index (χ0) is 26.8. The molecule has 1 aliphatic carbocycles. The Morgan fingerprint density at radius 1 is 1.08 bits per heavy atom. The van der Waals surface area contributed by atoms with Gasteiger partial charge in [-0.3, -0.25) is 14.5 Å². The molecule has 0 atom stereocenters. The number of rotatable bonds is 5. The number of aromatic nitrogens is 2. The standard InChI is InChI=1S/C26H24B3F2N5O2/c27-26(28,29)34-24(38)19-3-4-20(22(31)32-19)35-7-5-16(6-8-35)36-13-25(11-17(36)12-25)21-9-14-1-2-15(30)10-18(14)23(37)33-21/h1-4,9-10,16-17H,5-8,11-13H2,(H,33,37)(H,34,38). The molecule has 1 amide bonds.